The molecule has 3 aromatic rings. The van der Waals surface area contributed by atoms with Gasteiger partial charge in [-0.3, -0.25) is 19.7 Å². The van der Waals surface area contributed by atoms with Crippen LogP contribution in [0.4, 0.5) is 9.18 Å². The maximum Gasteiger partial charge on any atom is 0.328 e. The minimum atomic E-state index is -1.16. The lowest BCUT2D eigenvalue weighted by molar-refractivity contribution is -0.145. The number of rotatable bonds is 10. The van der Waals surface area contributed by atoms with Crippen LogP contribution in [0.15, 0.2) is 59.9 Å². The van der Waals surface area contributed by atoms with Gasteiger partial charge in [-0.15, -0.1) is 0 Å². The first kappa shape index (κ1) is 27.5. The molecule has 2 heterocycles. The normalized spacial score (nSPS) is 15.5. The zero-order chi connectivity index (χ0) is 27.9. The van der Waals surface area contributed by atoms with Gasteiger partial charge in [0.25, 0.3) is 11.1 Å². The fourth-order valence-electron chi connectivity index (χ4n) is 3.66. The molecule has 0 saturated carbocycles. The van der Waals surface area contributed by atoms with Crippen LogP contribution in [-0.2, 0) is 32.0 Å². The van der Waals surface area contributed by atoms with Crippen molar-refractivity contribution in [3.63, 3.8) is 0 Å². The van der Waals surface area contributed by atoms with Crippen molar-refractivity contribution in [2.45, 2.75) is 24.9 Å². The van der Waals surface area contributed by atoms with Gasteiger partial charge < -0.3 is 25.5 Å². The van der Waals surface area contributed by atoms with Crippen LogP contribution in [0.2, 0.25) is 0 Å². The van der Waals surface area contributed by atoms with Gasteiger partial charge in [0, 0.05) is 30.8 Å². The number of aromatic nitrogens is 2. The fraction of sp³-hybridized carbons (Fsp3) is 0.192. The van der Waals surface area contributed by atoms with Crippen LogP contribution in [-0.4, -0.2) is 52.2 Å². The molecule has 3 amide bonds. The Morgan fingerprint density at radius 1 is 1.15 bits per heavy atom. The maximum atomic E-state index is 14.9. The van der Waals surface area contributed by atoms with Crippen molar-refractivity contribution in [1.29, 1.82) is 0 Å². The summed E-state index contributed by atoms with van der Waals surface area (Å²) in [4.78, 5) is 54.8. The molecule has 0 spiro atoms. The second-order valence-corrected chi connectivity index (χ2v) is 9.47. The van der Waals surface area contributed by atoms with Gasteiger partial charge in [-0.1, -0.05) is 18.2 Å². The van der Waals surface area contributed by atoms with E-state index < -0.39 is 40.9 Å². The summed E-state index contributed by atoms with van der Waals surface area (Å²) in [5.41, 5.74) is 7.42. The molecule has 4 rings (SSSR count). The van der Waals surface area contributed by atoms with Gasteiger partial charge >= 0.3 is 5.97 Å². The van der Waals surface area contributed by atoms with Crippen molar-refractivity contribution < 1.29 is 33.0 Å². The number of carbonyl (C=O) groups is 4. The van der Waals surface area contributed by atoms with Crippen LogP contribution in [0, 0.1) is 5.82 Å². The number of ether oxygens (including phenoxy) is 2. The molecule has 1 aliphatic rings. The number of H-pyrrole nitrogens is 1. The zero-order valence-electron chi connectivity index (χ0n) is 20.6. The number of nitrogens with two attached hydrogens (primary N) is 1. The minimum Gasteiger partial charge on any atom is -0.467 e. The lowest BCUT2D eigenvalue weighted by atomic mass is 10.0. The van der Waals surface area contributed by atoms with Crippen molar-refractivity contribution in [2.24, 2.45) is 5.73 Å². The molecule has 202 valence electrons. The smallest absolute Gasteiger partial charge is 0.328 e. The highest BCUT2D eigenvalue weighted by Gasteiger charge is 2.27. The number of imide groups is 1. The van der Waals surface area contributed by atoms with Gasteiger partial charge in [-0.05, 0) is 47.2 Å². The van der Waals surface area contributed by atoms with Crippen molar-refractivity contribution in [3.05, 3.63) is 82.5 Å². The third-order valence-electron chi connectivity index (χ3n) is 5.64. The van der Waals surface area contributed by atoms with Gasteiger partial charge in [0.05, 0.1) is 24.4 Å². The first-order chi connectivity index (χ1) is 18.7. The number of halogens is 1. The lowest BCUT2D eigenvalue weighted by Crippen LogP contribution is -2.50. The van der Waals surface area contributed by atoms with Crippen LogP contribution in [0.1, 0.15) is 16.8 Å². The van der Waals surface area contributed by atoms with Gasteiger partial charge in [0.2, 0.25) is 5.91 Å². The SMILES string of the molecule is COC(=O)C(Cc1ccc(Oc2ccc(C=C3SC(=O)NC3=O)cc2)cc1F)NC(=O)C(N)Cc1cnc[nH]1. The second kappa shape index (κ2) is 12.4. The number of nitrogens with zero attached hydrogens (tertiary/aromatic N) is 1. The molecule has 5 N–H and O–H groups in total. The summed E-state index contributed by atoms with van der Waals surface area (Å²) in [6.07, 6.45) is 4.57. The number of imidazole rings is 1. The maximum absolute atomic E-state index is 14.9. The Balaban J connectivity index is 1.39. The van der Waals surface area contributed by atoms with E-state index in [0.717, 1.165) is 17.8 Å². The number of aromatic amines is 1. The molecule has 13 heteroatoms. The van der Waals surface area contributed by atoms with Crippen LogP contribution >= 0.6 is 11.8 Å². The molecular weight excluding hydrogens is 529 g/mol. The Morgan fingerprint density at radius 2 is 1.90 bits per heavy atom. The van der Waals surface area contributed by atoms with Crippen LogP contribution in [0.5, 0.6) is 11.5 Å². The highest BCUT2D eigenvalue weighted by molar-refractivity contribution is 8.18. The van der Waals surface area contributed by atoms with Crippen LogP contribution in [0.3, 0.4) is 0 Å². The zero-order valence-corrected chi connectivity index (χ0v) is 21.4. The molecule has 1 aromatic heterocycles. The van der Waals surface area contributed by atoms with E-state index >= 15 is 0 Å². The molecule has 0 aliphatic carbocycles. The summed E-state index contributed by atoms with van der Waals surface area (Å²) in [7, 11) is 1.17. The summed E-state index contributed by atoms with van der Waals surface area (Å²) >= 11 is 0.817. The van der Waals surface area contributed by atoms with E-state index in [0.29, 0.717) is 17.0 Å². The topological polar surface area (TPSA) is 165 Å². The number of thioether (sulfide) groups is 1. The van der Waals surface area contributed by atoms with E-state index in [1.165, 1.54) is 31.8 Å². The largest absolute Gasteiger partial charge is 0.467 e. The van der Waals surface area contributed by atoms with Crippen LogP contribution < -0.4 is 21.1 Å². The molecule has 1 saturated heterocycles. The number of hydrogen-bond donors (Lipinski definition) is 4. The van der Waals surface area contributed by atoms with Crippen molar-refractivity contribution >= 4 is 40.9 Å². The van der Waals surface area contributed by atoms with Gasteiger partial charge in [0.1, 0.15) is 23.4 Å². The lowest BCUT2D eigenvalue weighted by Gasteiger charge is -2.19. The van der Waals surface area contributed by atoms with Gasteiger partial charge in [-0.2, -0.15) is 0 Å². The van der Waals surface area contributed by atoms with Crippen LogP contribution in [0.25, 0.3) is 6.08 Å². The molecule has 1 fully saturated rings. The van der Waals surface area contributed by atoms with Crippen molar-refractivity contribution in [1.82, 2.24) is 20.6 Å². The Hall–Kier alpha value is -4.49. The van der Waals surface area contributed by atoms with E-state index in [-0.39, 0.29) is 29.1 Å². The average Bonchev–Trinajstić information content (AvgIpc) is 3.54. The number of carbonyl (C=O) groups excluding carboxylic acids is 4. The van der Waals surface area contributed by atoms with Gasteiger partial charge in [0.15, 0.2) is 0 Å². The third kappa shape index (κ3) is 7.30. The highest BCUT2D eigenvalue weighted by Crippen LogP contribution is 2.28. The predicted molar refractivity (Wildman–Crippen MR) is 140 cm³/mol. The quantitative estimate of drug-likeness (QED) is 0.218. The fourth-order valence-corrected chi connectivity index (χ4v) is 4.34. The van der Waals surface area contributed by atoms with E-state index in [1.54, 1.807) is 30.3 Å². The number of methoxy groups -OCH3 is 1. The first-order valence-electron chi connectivity index (χ1n) is 11.6. The van der Waals surface area contributed by atoms with Crippen molar-refractivity contribution in [3.8, 4) is 11.5 Å². The summed E-state index contributed by atoms with van der Waals surface area (Å²) in [5, 5.41) is 4.29. The number of amides is 3. The second-order valence-electron chi connectivity index (χ2n) is 8.45. The van der Waals surface area contributed by atoms with Crippen molar-refractivity contribution in [2.75, 3.05) is 7.11 Å². The molecule has 2 aromatic carbocycles. The summed E-state index contributed by atoms with van der Waals surface area (Å²) in [6.45, 7) is 0. The monoisotopic (exact) mass is 553 g/mol. The van der Waals surface area contributed by atoms with E-state index in [4.69, 9.17) is 15.2 Å². The highest BCUT2D eigenvalue weighted by atomic mass is 32.2. The molecule has 1 aliphatic heterocycles. The molecular formula is C26H24FN5O6S. The van der Waals surface area contributed by atoms with Gasteiger partial charge in [-0.25, -0.2) is 14.2 Å². The molecule has 2 unspecified atom stereocenters. The molecule has 2 atom stereocenters. The Kier molecular flexibility index (Phi) is 8.74. The predicted octanol–water partition coefficient (Wildman–Crippen LogP) is 2.44. The summed E-state index contributed by atoms with van der Waals surface area (Å²) in [6, 6.07) is 8.65. The number of esters is 1. The molecule has 0 radical (unpaired) electrons. The Bertz CT molecular complexity index is 1410. The van der Waals surface area contributed by atoms with E-state index in [1.807, 2.05) is 0 Å². The molecule has 0 bridgehead atoms. The average molecular weight is 554 g/mol. The Labute approximate surface area is 226 Å². The third-order valence-corrected chi connectivity index (χ3v) is 6.45. The standard InChI is InChI=1S/C26H24FN5O6S/c1-37-25(35)21(31-23(33)20(28)10-16-12-29-13-30-16)9-15-4-7-18(11-19(15)27)38-17-5-2-14(3-6-17)8-22-24(34)32-26(36)39-22/h2-8,11-13,20-21H,9-10,28H2,1H3,(H,29,30)(H,31,33)(H,32,34,36). The molecule has 39 heavy (non-hydrogen) atoms. The Morgan fingerprint density at radius 3 is 2.51 bits per heavy atom. The number of hydrogen-bond acceptors (Lipinski definition) is 9. The number of nitrogens with one attached hydrogen (secondary N) is 3. The minimum absolute atomic E-state index is 0.157. The summed E-state index contributed by atoms with van der Waals surface area (Å²) in [5.74, 6) is -1.82. The number of benzene rings is 2. The van der Waals surface area contributed by atoms with E-state index in [2.05, 4.69) is 20.6 Å². The van der Waals surface area contributed by atoms with E-state index in [9.17, 15) is 23.6 Å². The summed E-state index contributed by atoms with van der Waals surface area (Å²) < 4.78 is 25.4. The first-order valence-corrected chi connectivity index (χ1v) is 12.5. The molecule has 11 nitrogen and oxygen atoms in total.